The van der Waals surface area contributed by atoms with Gasteiger partial charge in [0.05, 0.1) is 19.1 Å². The summed E-state index contributed by atoms with van der Waals surface area (Å²) in [6.07, 6.45) is 0. The monoisotopic (exact) mass is 328 g/mol. The van der Waals surface area contributed by atoms with E-state index in [9.17, 15) is 9.59 Å². The van der Waals surface area contributed by atoms with Crippen molar-refractivity contribution in [1.29, 1.82) is 0 Å². The van der Waals surface area contributed by atoms with Crippen molar-refractivity contribution in [2.75, 3.05) is 20.7 Å². The molecule has 0 aliphatic carbocycles. The minimum Gasteiger partial charge on any atom is -0.469 e. The lowest BCUT2D eigenvalue weighted by Crippen LogP contribution is -2.40. The fraction of sp³-hybridized carbons (Fsp3) is 0.500. The molecule has 0 spiro atoms. The Balaban J connectivity index is 0.00000441. The van der Waals surface area contributed by atoms with Gasteiger partial charge in [-0.1, -0.05) is 37.3 Å². The van der Waals surface area contributed by atoms with E-state index >= 15 is 0 Å². The lowest BCUT2D eigenvalue weighted by Gasteiger charge is -2.25. The zero-order chi connectivity index (χ0) is 15.8. The van der Waals surface area contributed by atoms with E-state index in [-0.39, 0.29) is 30.2 Å². The first kappa shape index (κ1) is 20.4. The summed E-state index contributed by atoms with van der Waals surface area (Å²) < 4.78 is 4.80. The zero-order valence-corrected chi connectivity index (χ0v) is 14.3. The molecule has 6 heteroatoms. The van der Waals surface area contributed by atoms with Crippen LogP contribution >= 0.6 is 12.4 Å². The maximum absolute atomic E-state index is 12.2. The highest BCUT2D eigenvalue weighted by molar-refractivity contribution is 5.85. The normalized spacial score (nSPS) is 14.2. The van der Waals surface area contributed by atoms with Crippen LogP contribution in [0.2, 0.25) is 0 Å². The number of nitrogens with one attached hydrogen (secondary N) is 2. The van der Waals surface area contributed by atoms with Crippen LogP contribution in [0.1, 0.15) is 25.5 Å². The van der Waals surface area contributed by atoms with Gasteiger partial charge in [-0.05, 0) is 19.5 Å². The van der Waals surface area contributed by atoms with Crippen LogP contribution in [-0.2, 0) is 14.3 Å². The molecule has 1 amide bonds. The van der Waals surface area contributed by atoms with Gasteiger partial charge in [0.15, 0.2) is 0 Å². The third kappa shape index (κ3) is 5.66. The van der Waals surface area contributed by atoms with Gasteiger partial charge in [0.25, 0.3) is 0 Å². The van der Waals surface area contributed by atoms with Crippen molar-refractivity contribution in [2.24, 2.45) is 11.8 Å². The number of benzene rings is 1. The van der Waals surface area contributed by atoms with E-state index in [0.29, 0.717) is 6.54 Å². The molecule has 124 valence electrons. The Kier molecular flexibility index (Phi) is 9.45. The molecule has 22 heavy (non-hydrogen) atoms. The maximum atomic E-state index is 12.2. The van der Waals surface area contributed by atoms with Crippen molar-refractivity contribution >= 4 is 24.3 Å². The quantitative estimate of drug-likeness (QED) is 0.751. The van der Waals surface area contributed by atoms with E-state index in [0.717, 1.165) is 5.56 Å². The topological polar surface area (TPSA) is 67.4 Å². The number of hydrogen-bond acceptors (Lipinski definition) is 4. The van der Waals surface area contributed by atoms with E-state index in [1.54, 1.807) is 14.0 Å². The molecule has 2 N–H and O–H groups in total. The third-order valence-electron chi connectivity index (χ3n) is 3.49. The molecule has 5 nitrogen and oxygen atoms in total. The molecule has 3 atom stereocenters. The minimum absolute atomic E-state index is 0. The molecule has 1 aromatic rings. The highest BCUT2D eigenvalue weighted by Crippen LogP contribution is 2.23. The van der Waals surface area contributed by atoms with Gasteiger partial charge in [0.2, 0.25) is 5.91 Å². The van der Waals surface area contributed by atoms with E-state index in [2.05, 4.69) is 10.6 Å². The number of rotatable bonds is 7. The van der Waals surface area contributed by atoms with E-state index in [4.69, 9.17) is 4.74 Å². The van der Waals surface area contributed by atoms with E-state index < -0.39 is 12.0 Å². The highest BCUT2D eigenvalue weighted by Gasteiger charge is 2.28. The first-order chi connectivity index (χ1) is 10.0. The van der Waals surface area contributed by atoms with Crippen LogP contribution < -0.4 is 10.6 Å². The number of carbonyl (C=O) groups excluding carboxylic acids is 2. The van der Waals surface area contributed by atoms with Crippen LogP contribution in [0.4, 0.5) is 0 Å². The summed E-state index contributed by atoms with van der Waals surface area (Å²) in [4.78, 5) is 24.0. The van der Waals surface area contributed by atoms with Gasteiger partial charge in [-0.15, -0.1) is 12.4 Å². The summed E-state index contributed by atoms with van der Waals surface area (Å²) in [6.45, 7) is 4.18. The number of ether oxygens (including phenoxy) is 1. The Morgan fingerprint density at radius 3 is 2.27 bits per heavy atom. The smallest absolute Gasteiger partial charge is 0.310 e. The predicted molar refractivity (Wildman–Crippen MR) is 88.8 cm³/mol. The molecule has 0 aromatic heterocycles. The van der Waals surface area contributed by atoms with Crippen LogP contribution in [0.25, 0.3) is 0 Å². The number of esters is 1. The van der Waals surface area contributed by atoms with Gasteiger partial charge in [-0.2, -0.15) is 0 Å². The zero-order valence-electron chi connectivity index (χ0n) is 13.5. The molecule has 0 saturated heterocycles. The number of amides is 1. The van der Waals surface area contributed by atoms with Gasteiger partial charge in [0, 0.05) is 12.5 Å². The van der Waals surface area contributed by atoms with Crippen LogP contribution in [0, 0.1) is 11.8 Å². The average Bonchev–Trinajstić information content (AvgIpc) is 2.51. The summed E-state index contributed by atoms with van der Waals surface area (Å²) >= 11 is 0. The fourth-order valence-corrected chi connectivity index (χ4v) is 2.17. The second-order valence-electron chi connectivity index (χ2n) is 5.17. The van der Waals surface area contributed by atoms with Gasteiger partial charge < -0.3 is 15.4 Å². The summed E-state index contributed by atoms with van der Waals surface area (Å²) in [5.41, 5.74) is 0.889. The molecule has 1 aromatic carbocycles. The molecule has 0 aliphatic rings. The van der Waals surface area contributed by atoms with Crippen molar-refractivity contribution in [1.82, 2.24) is 10.6 Å². The van der Waals surface area contributed by atoms with Crippen LogP contribution in [0.3, 0.4) is 0 Å². The van der Waals surface area contributed by atoms with Crippen molar-refractivity contribution in [3.63, 3.8) is 0 Å². The van der Waals surface area contributed by atoms with E-state index in [1.165, 1.54) is 7.11 Å². The summed E-state index contributed by atoms with van der Waals surface area (Å²) in [6, 6.07) is 9.06. The van der Waals surface area contributed by atoms with Gasteiger partial charge >= 0.3 is 5.97 Å². The molecule has 0 saturated carbocycles. The summed E-state index contributed by atoms with van der Waals surface area (Å²) in [7, 11) is 3.15. The summed E-state index contributed by atoms with van der Waals surface area (Å²) in [5.74, 6) is -1.06. The first-order valence-corrected chi connectivity index (χ1v) is 7.09. The van der Waals surface area contributed by atoms with Crippen LogP contribution in [0.15, 0.2) is 30.3 Å². The molecule has 0 fully saturated rings. The predicted octanol–water partition coefficient (Wildman–Crippen LogP) is 1.93. The highest BCUT2D eigenvalue weighted by atomic mass is 35.5. The minimum atomic E-state index is -0.455. The largest absolute Gasteiger partial charge is 0.469 e. The van der Waals surface area contributed by atoms with Crippen molar-refractivity contribution in [2.45, 2.75) is 19.9 Å². The van der Waals surface area contributed by atoms with Crippen molar-refractivity contribution < 1.29 is 14.3 Å². The van der Waals surface area contributed by atoms with Gasteiger partial charge in [0.1, 0.15) is 0 Å². The SMILES string of the molecule is CNCC(C)C(=O)NC(c1ccccc1)C(C)C(=O)OC.Cl. The molecule has 0 heterocycles. The Morgan fingerprint density at radius 1 is 1.18 bits per heavy atom. The number of carbonyl (C=O) groups is 2. The number of halogens is 1. The van der Waals surface area contributed by atoms with Gasteiger partial charge in [-0.3, -0.25) is 9.59 Å². The molecule has 1 rings (SSSR count). The lowest BCUT2D eigenvalue weighted by molar-refractivity contribution is -0.146. The Labute approximate surface area is 138 Å². The third-order valence-corrected chi connectivity index (χ3v) is 3.49. The molecule has 0 aliphatic heterocycles. The van der Waals surface area contributed by atoms with Gasteiger partial charge in [-0.25, -0.2) is 0 Å². The number of methoxy groups -OCH3 is 1. The molecular formula is C16H25ClN2O3. The number of hydrogen-bond donors (Lipinski definition) is 2. The summed E-state index contributed by atoms with van der Waals surface area (Å²) in [5, 5.41) is 5.93. The second kappa shape index (κ2) is 10.2. The molecule has 0 bridgehead atoms. The molecule has 3 unspecified atom stereocenters. The van der Waals surface area contributed by atoms with Crippen LogP contribution in [-0.4, -0.2) is 32.6 Å². The first-order valence-electron chi connectivity index (χ1n) is 7.09. The average molecular weight is 329 g/mol. The second-order valence-corrected chi connectivity index (χ2v) is 5.17. The molecule has 0 radical (unpaired) electrons. The van der Waals surface area contributed by atoms with Crippen LogP contribution in [0.5, 0.6) is 0 Å². The molecular weight excluding hydrogens is 304 g/mol. The maximum Gasteiger partial charge on any atom is 0.310 e. The Bertz CT molecular complexity index is 468. The standard InChI is InChI=1S/C16H24N2O3.ClH/c1-11(10-17-3)15(19)18-14(12(2)16(20)21-4)13-8-6-5-7-9-13;/h5-9,11-12,14,17H,10H2,1-4H3,(H,18,19);1H. The van der Waals surface area contributed by atoms with E-state index in [1.807, 2.05) is 37.3 Å². The van der Waals surface area contributed by atoms with Crippen molar-refractivity contribution in [3.05, 3.63) is 35.9 Å². The lowest BCUT2D eigenvalue weighted by atomic mass is 9.93. The Hall–Kier alpha value is -1.59. The Morgan fingerprint density at radius 2 is 1.77 bits per heavy atom. The van der Waals surface area contributed by atoms with Crippen molar-refractivity contribution in [3.8, 4) is 0 Å². The fourth-order valence-electron chi connectivity index (χ4n) is 2.17.